The molecule has 70 valence electrons. The van der Waals surface area contributed by atoms with Crippen molar-refractivity contribution in [3.05, 3.63) is 12.3 Å². The second-order valence-electron chi connectivity index (χ2n) is 3.54. The average Bonchev–Trinajstić information content (AvgIpc) is 2.56. The van der Waals surface area contributed by atoms with Crippen LogP contribution in [0, 0.1) is 5.92 Å². The molecular weight excluding hydrogens is 166 g/mol. The van der Waals surface area contributed by atoms with E-state index in [1.807, 2.05) is 11.8 Å². The molecule has 2 atom stereocenters. The Morgan fingerprint density at radius 1 is 1.75 bits per heavy atom. The highest BCUT2D eigenvalue weighted by Gasteiger charge is 2.18. The third-order valence-electron chi connectivity index (χ3n) is 2.47. The Labute approximate surface area is 80.0 Å². The van der Waals surface area contributed by atoms with Gasteiger partial charge in [-0.15, -0.1) is 0 Å². The van der Waals surface area contributed by atoms with Gasteiger partial charge in [-0.25, -0.2) is 0 Å². The second kappa shape index (κ2) is 4.80. The van der Waals surface area contributed by atoms with Crippen LogP contribution in [0.5, 0.6) is 0 Å². The van der Waals surface area contributed by atoms with Crippen LogP contribution in [0.25, 0.3) is 0 Å². The molecule has 0 amide bonds. The van der Waals surface area contributed by atoms with E-state index in [0.717, 1.165) is 5.92 Å². The maximum atomic E-state index is 4.10. The minimum absolute atomic E-state index is 0.586. The van der Waals surface area contributed by atoms with Gasteiger partial charge in [-0.3, -0.25) is 0 Å². The van der Waals surface area contributed by atoms with Gasteiger partial charge < -0.3 is 5.32 Å². The molecular formula is C10H19NS. The van der Waals surface area contributed by atoms with Gasteiger partial charge in [-0.05, 0) is 25.5 Å². The summed E-state index contributed by atoms with van der Waals surface area (Å²) in [5, 5.41) is 3.46. The fourth-order valence-electron chi connectivity index (χ4n) is 1.35. The Morgan fingerprint density at radius 3 is 3.00 bits per heavy atom. The molecule has 0 bridgehead atoms. The number of nitrogens with one attached hydrogen (secondary N) is 1. The highest BCUT2D eigenvalue weighted by atomic mass is 32.2. The highest BCUT2D eigenvalue weighted by Crippen LogP contribution is 2.27. The van der Waals surface area contributed by atoms with Gasteiger partial charge in [0, 0.05) is 23.4 Å². The Bertz CT molecular complexity index is 150. The van der Waals surface area contributed by atoms with Crippen molar-refractivity contribution < 1.29 is 0 Å². The van der Waals surface area contributed by atoms with Crippen LogP contribution in [0.4, 0.5) is 0 Å². The molecule has 12 heavy (non-hydrogen) atoms. The minimum atomic E-state index is 0.586. The lowest BCUT2D eigenvalue weighted by atomic mass is 10.1. The van der Waals surface area contributed by atoms with Gasteiger partial charge >= 0.3 is 0 Å². The number of hydrogen-bond donors (Lipinski definition) is 1. The zero-order valence-corrected chi connectivity index (χ0v) is 8.91. The summed E-state index contributed by atoms with van der Waals surface area (Å²) in [6, 6.07) is 0.586. The highest BCUT2D eigenvalue weighted by molar-refractivity contribution is 7.99. The van der Waals surface area contributed by atoms with Crippen molar-refractivity contribution in [3.8, 4) is 0 Å². The van der Waals surface area contributed by atoms with Crippen LogP contribution in [0.3, 0.4) is 0 Å². The van der Waals surface area contributed by atoms with E-state index in [2.05, 4.69) is 25.7 Å². The standard InChI is InChI=1S/C10H19NS/c1-4-8(2)11-9(3)10-5-6-12-7-10/h8,10-11H,3-7H2,1-2H3. The van der Waals surface area contributed by atoms with Crippen LogP contribution in [0.2, 0.25) is 0 Å². The lowest BCUT2D eigenvalue weighted by Gasteiger charge is -2.19. The molecule has 0 radical (unpaired) electrons. The van der Waals surface area contributed by atoms with Crippen LogP contribution < -0.4 is 5.32 Å². The minimum Gasteiger partial charge on any atom is -0.386 e. The van der Waals surface area contributed by atoms with Gasteiger partial charge in [-0.2, -0.15) is 11.8 Å². The van der Waals surface area contributed by atoms with Crippen LogP contribution >= 0.6 is 11.8 Å². The van der Waals surface area contributed by atoms with Crippen molar-refractivity contribution in [3.63, 3.8) is 0 Å². The Kier molecular flexibility index (Phi) is 3.99. The van der Waals surface area contributed by atoms with E-state index in [4.69, 9.17) is 0 Å². The smallest absolute Gasteiger partial charge is 0.0227 e. The number of thioether (sulfide) groups is 1. The van der Waals surface area contributed by atoms with E-state index in [1.165, 1.54) is 30.0 Å². The van der Waals surface area contributed by atoms with Gasteiger partial charge in [-0.1, -0.05) is 13.5 Å². The van der Waals surface area contributed by atoms with E-state index < -0.39 is 0 Å². The topological polar surface area (TPSA) is 12.0 Å². The molecule has 1 nitrogen and oxygen atoms in total. The Balaban J connectivity index is 2.27. The molecule has 1 saturated heterocycles. The van der Waals surface area contributed by atoms with Crippen molar-refractivity contribution in [2.24, 2.45) is 5.92 Å². The molecule has 1 aliphatic heterocycles. The van der Waals surface area contributed by atoms with Crippen LogP contribution in [-0.4, -0.2) is 17.5 Å². The predicted octanol–water partition coefficient (Wildman–Crippen LogP) is 2.64. The molecule has 0 aliphatic carbocycles. The van der Waals surface area contributed by atoms with Crippen LogP contribution in [-0.2, 0) is 0 Å². The van der Waals surface area contributed by atoms with Crippen molar-refractivity contribution >= 4 is 11.8 Å². The fraction of sp³-hybridized carbons (Fsp3) is 0.800. The summed E-state index contributed by atoms with van der Waals surface area (Å²) < 4.78 is 0. The summed E-state index contributed by atoms with van der Waals surface area (Å²) >= 11 is 2.04. The predicted molar refractivity (Wildman–Crippen MR) is 57.5 cm³/mol. The summed E-state index contributed by atoms with van der Waals surface area (Å²) in [6.07, 6.45) is 2.49. The first-order valence-electron chi connectivity index (χ1n) is 4.77. The zero-order chi connectivity index (χ0) is 8.97. The first-order valence-corrected chi connectivity index (χ1v) is 5.92. The maximum absolute atomic E-state index is 4.10. The number of rotatable bonds is 4. The summed E-state index contributed by atoms with van der Waals surface area (Å²) in [5.74, 6) is 3.30. The van der Waals surface area contributed by atoms with Crippen molar-refractivity contribution in [1.82, 2.24) is 5.32 Å². The SMILES string of the molecule is C=C(NC(C)CC)C1CCSC1. The summed E-state index contributed by atoms with van der Waals surface area (Å²) in [4.78, 5) is 0. The van der Waals surface area contributed by atoms with Crippen molar-refractivity contribution in [2.45, 2.75) is 32.7 Å². The average molecular weight is 185 g/mol. The molecule has 0 aromatic carbocycles. The van der Waals surface area contributed by atoms with Crippen molar-refractivity contribution in [1.29, 1.82) is 0 Å². The fourth-order valence-corrected chi connectivity index (χ4v) is 2.62. The van der Waals surface area contributed by atoms with Crippen LogP contribution in [0.1, 0.15) is 26.7 Å². The molecule has 0 aromatic rings. The van der Waals surface area contributed by atoms with Crippen molar-refractivity contribution in [2.75, 3.05) is 11.5 Å². The largest absolute Gasteiger partial charge is 0.386 e. The third-order valence-corrected chi connectivity index (χ3v) is 3.63. The first kappa shape index (κ1) is 9.97. The van der Waals surface area contributed by atoms with Crippen LogP contribution in [0.15, 0.2) is 12.3 Å². The van der Waals surface area contributed by atoms with E-state index in [1.54, 1.807) is 0 Å². The van der Waals surface area contributed by atoms with Gasteiger partial charge in [0.05, 0.1) is 0 Å². The summed E-state index contributed by atoms with van der Waals surface area (Å²) in [6.45, 7) is 8.52. The lowest BCUT2D eigenvalue weighted by molar-refractivity contribution is 0.534. The maximum Gasteiger partial charge on any atom is 0.0227 e. The molecule has 0 spiro atoms. The molecule has 1 N–H and O–H groups in total. The molecule has 1 aliphatic rings. The molecule has 0 saturated carbocycles. The molecule has 2 heteroatoms. The lowest BCUT2D eigenvalue weighted by Crippen LogP contribution is -2.27. The second-order valence-corrected chi connectivity index (χ2v) is 4.69. The zero-order valence-electron chi connectivity index (χ0n) is 8.10. The molecule has 1 fully saturated rings. The molecule has 1 heterocycles. The molecule has 2 unspecified atom stereocenters. The quantitative estimate of drug-likeness (QED) is 0.722. The van der Waals surface area contributed by atoms with Gasteiger partial charge in [0.2, 0.25) is 0 Å². The normalized spacial score (nSPS) is 25.3. The summed E-state index contributed by atoms with van der Waals surface area (Å²) in [5.41, 5.74) is 1.26. The monoisotopic (exact) mass is 185 g/mol. The van der Waals surface area contributed by atoms with Gasteiger partial charge in [0.25, 0.3) is 0 Å². The molecule has 0 aromatic heterocycles. The van der Waals surface area contributed by atoms with Gasteiger partial charge in [0.15, 0.2) is 0 Å². The van der Waals surface area contributed by atoms with Gasteiger partial charge in [0.1, 0.15) is 0 Å². The van der Waals surface area contributed by atoms with E-state index in [9.17, 15) is 0 Å². The first-order chi connectivity index (χ1) is 5.74. The molecule has 1 rings (SSSR count). The number of allylic oxidation sites excluding steroid dienone is 1. The van der Waals surface area contributed by atoms with E-state index in [0.29, 0.717) is 6.04 Å². The third kappa shape index (κ3) is 2.74. The van der Waals surface area contributed by atoms with E-state index in [-0.39, 0.29) is 0 Å². The summed E-state index contributed by atoms with van der Waals surface area (Å²) in [7, 11) is 0. The number of hydrogen-bond acceptors (Lipinski definition) is 2. The Hall–Kier alpha value is -0.110. The van der Waals surface area contributed by atoms with E-state index >= 15 is 0 Å². The Morgan fingerprint density at radius 2 is 2.50 bits per heavy atom.